The van der Waals surface area contributed by atoms with Gasteiger partial charge in [-0.1, -0.05) is 18.2 Å². The first-order valence-corrected chi connectivity index (χ1v) is 12.7. The number of piperidine rings is 1. The summed E-state index contributed by atoms with van der Waals surface area (Å²) in [6, 6.07) is 11.3. The van der Waals surface area contributed by atoms with Gasteiger partial charge in [0.2, 0.25) is 11.9 Å². The minimum Gasteiger partial charge on any atom is -0.365 e. The molecule has 2 aliphatic heterocycles. The molecular formula is C28H31F3N6O. The first-order chi connectivity index (χ1) is 18.0. The predicted molar refractivity (Wildman–Crippen MR) is 142 cm³/mol. The van der Waals surface area contributed by atoms with Crippen molar-refractivity contribution in [2.24, 2.45) is 0 Å². The van der Waals surface area contributed by atoms with Gasteiger partial charge in [0.1, 0.15) is 11.4 Å². The van der Waals surface area contributed by atoms with Crippen molar-refractivity contribution in [3.63, 3.8) is 0 Å². The number of nitrogens with one attached hydrogen (secondary N) is 4. The standard InChI is InChI=1S/C28H31F3N6O/c1-16-13-19(7-8-20(16)17-9-11-32-12-10-17)35-26-34-15-21(28(29,30)31)24(37-26)33-14-18-5-4-6-22-23(18)27(2,3)25(38)36-22/h4-8,13,15,17,32H,9-12,14H2,1-3H3,(H,36,38)(H2,33,34,35,37). The maximum absolute atomic E-state index is 13.8. The normalized spacial score (nSPS) is 17.2. The van der Waals surface area contributed by atoms with Gasteiger partial charge in [0.05, 0.1) is 5.41 Å². The Bertz CT molecular complexity index is 1370. The van der Waals surface area contributed by atoms with Crippen molar-refractivity contribution in [2.45, 2.75) is 57.7 Å². The van der Waals surface area contributed by atoms with Gasteiger partial charge in [0, 0.05) is 24.1 Å². The summed E-state index contributed by atoms with van der Waals surface area (Å²) >= 11 is 0. The summed E-state index contributed by atoms with van der Waals surface area (Å²) in [6.45, 7) is 7.69. The van der Waals surface area contributed by atoms with E-state index in [9.17, 15) is 18.0 Å². The molecule has 200 valence electrons. The third-order valence-corrected chi connectivity index (χ3v) is 7.44. The van der Waals surface area contributed by atoms with Crippen LogP contribution in [0.5, 0.6) is 0 Å². The van der Waals surface area contributed by atoms with E-state index >= 15 is 0 Å². The number of carbonyl (C=O) groups excluding carboxylic acids is 1. The van der Waals surface area contributed by atoms with Gasteiger partial charge in [-0.15, -0.1) is 0 Å². The number of rotatable bonds is 6. The smallest absolute Gasteiger partial charge is 0.365 e. The highest BCUT2D eigenvalue weighted by Gasteiger charge is 2.40. The Balaban J connectivity index is 1.39. The molecule has 1 saturated heterocycles. The van der Waals surface area contributed by atoms with Crippen molar-refractivity contribution in [1.82, 2.24) is 15.3 Å². The van der Waals surface area contributed by atoms with Gasteiger partial charge < -0.3 is 21.3 Å². The minimum atomic E-state index is -4.64. The quantitative estimate of drug-likeness (QED) is 0.323. The Hall–Kier alpha value is -3.66. The molecule has 0 bridgehead atoms. The number of hydrogen-bond donors (Lipinski definition) is 4. The Morgan fingerprint density at radius 2 is 1.89 bits per heavy atom. The van der Waals surface area contributed by atoms with Gasteiger partial charge in [0.25, 0.3) is 0 Å². The molecule has 0 aliphatic carbocycles. The van der Waals surface area contributed by atoms with Gasteiger partial charge in [-0.2, -0.15) is 18.2 Å². The van der Waals surface area contributed by atoms with Crippen LogP contribution in [0, 0.1) is 6.92 Å². The van der Waals surface area contributed by atoms with Gasteiger partial charge in [-0.25, -0.2) is 4.98 Å². The summed E-state index contributed by atoms with van der Waals surface area (Å²) in [5.74, 6) is 0.0833. The van der Waals surface area contributed by atoms with E-state index in [4.69, 9.17) is 0 Å². The molecule has 0 unspecified atom stereocenters. The number of aromatic nitrogens is 2. The van der Waals surface area contributed by atoms with E-state index < -0.39 is 17.2 Å². The second-order valence-corrected chi connectivity index (χ2v) is 10.4. The second-order valence-electron chi connectivity index (χ2n) is 10.4. The lowest BCUT2D eigenvalue weighted by atomic mass is 9.83. The summed E-state index contributed by atoms with van der Waals surface area (Å²) in [7, 11) is 0. The molecule has 1 amide bonds. The molecule has 3 aromatic rings. The molecule has 0 atom stereocenters. The van der Waals surface area contributed by atoms with E-state index in [0.29, 0.717) is 17.3 Å². The zero-order valence-electron chi connectivity index (χ0n) is 21.6. The van der Waals surface area contributed by atoms with Crippen LogP contribution in [0.4, 0.5) is 36.3 Å². The van der Waals surface area contributed by atoms with Crippen molar-refractivity contribution >= 4 is 29.0 Å². The number of aryl methyl sites for hydroxylation is 1. The molecule has 38 heavy (non-hydrogen) atoms. The molecule has 5 rings (SSSR count). The van der Waals surface area contributed by atoms with Gasteiger partial charge in [-0.05, 0) is 93.1 Å². The molecule has 1 aromatic heterocycles. The Labute approximate surface area is 219 Å². The number of halogens is 3. The van der Waals surface area contributed by atoms with E-state index in [1.54, 1.807) is 32.0 Å². The van der Waals surface area contributed by atoms with E-state index in [-0.39, 0.29) is 24.2 Å². The number of fused-ring (bicyclic) bond motifs is 1. The summed E-state index contributed by atoms with van der Waals surface area (Å²) in [5, 5.41) is 12.1. The average molecular weight is 525 g/mol. The molecule has 3 heterocycles. The lowest BCUT2D eigenvalue weighted by Gasteiger charge is -2.24. The van der Waals surface area contributed by atoms with Gasteiger partial charge in [-0.3, -0.25) is 4.79 Å². The topological polar surface area (TPSA) is 91.0 Å². The Morgan fingerprint density at radius 1 is 1.13 bits per heavy atom. The van der Waals surface area contributed by atoms with Crippen LogP contribution in [0.25, 0.3) is 0 Å². The molecule has 0 radical (unpaired) electrons. The predicted octanol–water partition coefficient (Wildman–Crippen LogP) is 5.86. The Kier molecular flexibility index (Phi) is 6.77. The fourth-order valence-corrected chi connectivity index (χ4v) is 5.42. The highest BCUT2D eigenvalue weighted by atomic mass is 19.4. The molecule has 1 fully saturated rings. The van der Waals surface area contributed by atoms with Gasteiger partial charge >= 0.3 is 6.18 Å². The fraction of sp³-hybridized carbons (Fsp3) is 0.393. The monoisotopic (exact) mass is 524 g/mol. The summed E-state index contributed by atoms with van der Waals surface area (Å²) in [5.41, 5.74) is 3.52. The fourth-order valence-electron chi connectivity index (χ4n) is 5.42. The van der Waals surface area contributed by atoms with Crippen LogP contribution in [-0.4, -0.2) is 29.0 Å². The third-order valence-electron chi connectivity index (χ3n) is 7.44. The number of carbonyl (C=O) groups is 1. The van der Waals surface area contributed by atoms with Crippen molar-refractivity contribution in [2.75, 3.05) is 29.0 Å². The molecule has 7 nitrogen and oxygen atoms in total. The highest BCUT2D eigenvalue weighted by Crippen LogP contribution is 2.40. The number of amides is 1. The summed E-state index contributed by atoms with van der Waals surface area (Å²) in [6.07, 6.45) is -1.69. The summed E-state index contributed by atoms with van der Waals surface area (Å²) in [4.78, 5) is 20.5. The molecule has 2 aliphatic rings. The highest BCUT2D eigenvalue weighted by molar-refractivity contribution is 6.06. The number of anilines is 4. The van der Waals surface area contributed by atoms with E-state index in [1.807, 2.05) is 19.1 Å². The van der Waals surface area contributed by atoms with E-state index in [2.05, 4.69) is 37.3 Å². The van der Waals surface area contributed by atoms with Crippen LogP contribution in [0.1, 0.15) is 60.4 Å². The Morgan fingerprint density at radius 3 is 2.61 bits per heavy atom. The first kappa shape index (κ1) is 26.0. The molecule has 2 aromatic carbocycles. The SMILES string of the molecule is Cc1cc(Nc2ncc(C(F)(F)F)c(NCc3cccc4c3C(C)(C)C(=O)N4)n2)ccc1C1CCNCC1. The zero-order chi connectivity index (χ0) is 27.1. The lowest BCUT2D eigenvalue weighted by Crippen LogP contribution is -2.28. The maximum atomic E-state index is 13.8. The van der Waals surface area contributed by atoms with E-state index in [0.717, 1.165) is 48.8 Å². The van der Waals surface area contributed by atoms with Crippen molar-refractivity contribution < 1.29 is 18.0 Å². The first-order valence-electron chi connectivity index (χ1n) is 12.7. The maximum Gasteiger partial charge on any atom is 0.421 e. The van der Waals surface area contributed by atoms with Crippen LogP contribution >= 0.6 is 0 Å². The third kappa shape index (κ3) is 5.05. The van der Waals surface area contributed by atoms with Crippen LogP contribution < -0.4 is 21.3 Å². The lowest BCUT2D eigenvalue weighted by molar-refractivity contribution is -0.137. The van der Waals surface area contributed by atoms with Crippen molar-refractivity contribution in [3.05, 3.63) is 70.4 Å². The minimum absolute atomic E-state index is 0.0602. The molecule has 10 heteroatoms. The molecule has 0 saturated carbocycles. The van der Waals surface area contributed by atoms with Crippen LogP contribution in [0.3, 0.4) is 0 Å². The second kappa shape index (κ2) is 9.90. The van der Waals surface area contributed by atoms with Gasteiger partial charge in [0.15, 0.2) is 0 Å². The number of alkyl halides is 3. The zero-order valence-corrected chi connectivity index (χ0v) is 21.6. The number of nitrogens with zero attached hydrogens (tertiary/aromatic N) is 2. The van der Waals surface area contributed by atoms with E-state index in [1.165, 1.54) is 5.56 Å². The average Bonchev–Trinajstić information content (AvgIpc) is 3.11. The molecule has 4 N–H and O–H groups in total. The largest absolute Gasteiger partial charge is 0.421 e. The van der Waals surface area contributed by atoms with Crippen molar-refractivity contribution in [3.8, 4) is 0 Å². The van der Waals surface area contributed by atoms with Crippen LogP contribution in [0.2, 0.25) is 0 Å². The van der Waals surface area contributed by atoms with Crippen LogP contribution in [-0.2, 0) is 22.9 Å². The van der Waals surface area contributed by atoms with Crippen LogP contribution in [0.15, 0.2) is 42.6 Å². The summed E-state index contributed by atoms with van der Waals surface area (Å²) < 4.78 is 41.4. The number of benzene rings is 2. The molecule has 0 spiro atoms. The number of hydrogen-bond acceptors (Lipinski definition) is 6. The van der Waals surface area contributed by atoms with Crippen molar-refractivity contribution in [1.29, 1.82) is 0 Å². The molecular weight excluding hydrogens is 493 g/mol.